The van der Waals surface area contributed by atoms with Crippen molar-refractivity contribution >= 4 is 41.7 Å². The van der Waals surface area contributed by atoms with Crippen molar-refractivity contribution in [2.75, 3.05) is 26.0 Å². The number of pyridine rings is 1. The fourth-order valence-corrected chi connectivity index (χ4v) is 3.43. The number of ether oxygens (including phenoxy) is 1. The second-order valence-corrected chi connectivity index (χ2v) is 6.70. The lowest BCUT2D eigenvalue weighted by Gasteiger charge is -2.14. The molecule has 2 heterocycles. The van der Waals surface area contributed by atoms with Gasteiger partial charge < -0.3 is 15.4 Å². The van der Waals surface area contributed by atoms with Gasteiger partial charge in [0.2, 0.25) is 5.88 Å². The van der Waals surface area contributed by atoms with Crippen molar-refractivity contribution in [2.24, 2.45) is 4.99 Å². The van der Waals surface area contributed by atoms with E-state index in [0.29, 0.717) is 19.0 Å². The standard InChI is InChI=1S/C16H26N4OS.HI/c1-3-8-21-15-7-6-13(10-18-15)11-19-16(17-2)20-12-14-5-4-9-22-14;/h6-7,10,14H,3-5,8-9,11-12H2,1-2H3,(H2,17,19,20);1H. The van der Waals surface area contributed by atoms with Crippen LogP contribution in [0.4, 0.5) is 0 Å². The highest BCUT2D eigenvalue weighted by Crippen LogP contribution is 2.25. The molecule has 0 aromatic carbocycles. The summed E-state index contributed by atoms with van der Waals surface area (Å²) < 4.78 is 5.48. The van der Waals surface area contributed by atoms with Crippen LogP contribution in [0.2, 0.25) is 0 Å². The molecule has 23 heavy (non-hydrogen) atoms. The van der Waals surface area contributed by atoms with Crippen LogP contribution in [0, 0.1) is 0 Å². The summed E-state index contributed by atoms with van der Waals surface area (Å²) in [7, 11) is 1.80. The van der Waals surface area contributed by atoms with Crippen molar-refractivity contribution in [3.8, 4) is 5.88 Å². The maximum atomic E-state index is 5.48. The molecule has 1 saturated heterocycles. The largest absolute Gasteiger partial charge is 0.478 e. The highest BCUT2D eigenvalue weighted by molar-refractivity contribution is 14.0. The van der Waals surface area contributed by atoms with Gasteiger partial charge in [0.05, 0.1) is 6.61 Å². The molecular formula is C16H27IN4OS. The Morgan fingerprint density at radius 1 is 1.43 bits per heavy atom. The molecule has 0 spiro atoms. The molecule has 2 rings (SSSR count). The Labute approximate surface area is 160 Å². The van der Waals surface area contributed by atoms with Crippen molar-refractivity contribution in [1.82, 2.24) is 15.6 Å². The fourth-order valence-electron chi connectivity index (χ4n) is 2.23. The van der Waals surface area contributed by atoms with E-state index >= 15 is 0 Å². The number of nitrogens with one attached hydrogen (secondary N) is 2. The smallest absolute Gasteiger partial charge is 0.213 e. The van der Waals surface area contributed by atoms with Gasteiger partial charge in [0.25, 0.3) is 0 Å². The van der Waals surface area contributed by atoms with Crippen LogP contribution in [-0.2, 0) is 6.54 Å². The van der Waals surface area contributed by atoms with Gasteiger partial charge in [0, 0.05) is 37.7 Å². The van der Waals surface area contributed by atoms with Gasteiger partial charge in [-0.15, -0.1) is 24.0 Å². The van der Waals surface area contributed by atoms with E-state index in [0.717, 1.165) is 29.7 Å². The summed E-state index contributed by atoms with van der Waals surface area (Å²) >= 11 is 2.05. The normalized spacial score (nSPS) is 17.5. The highest BCUT2D eigenvalue weighted by atomic mass is 127. The zero-order valence-corrected chi connectivity index (χ0v) is 17.0. The zero-order valence-electron chi connectivity index (χ0n) is 13.9. The molecule has 0 saturated carbocycles. The quantitative estimate of drug-likeness (QED) is 0.380. The average molecular weight is 450 g/mol. The van der Waals surface area contributed by atoms with E-state index in [1.807, 2.05) is 30.1 Å². The monoisotopic (exact) mass is 450 g/mol. The molecular weight excluding hydrogens is 423 g/mol. The number of aliphatic imine (C=N–C) groups is 1. The number of halogens is 1. The molecule has 5 nitrogen and oxygen atoms in total. The van der Waals surface area contributed by atoms with Gasteiger partial charge >= 0.3 is 0 Å². The van der Waals surface area contributed by atoms with Gasteiger partial charge in [0.15, 0.2) is 5.96 Å². The first-order valence-electron chi connectivity index (χ1n) is 7.95. The van der Waals surface area contributed by atoms with E-state index < -0.39 is 0 Å². The van der Waals surface area contributed by atoms with E-state index in [4.69, 9.17) is 4.74 Å². The third kappa shape index (κ3) is 7.60. The minimum Gasteiger partial charge on any atom is -0.478 e. The molecule has 0 amide bonds. The van der Waals surface area contributed by atoms with Crippen LogP contribution in [0.15, 0.2) is 23.3 Å². The van der Waals surface area contributed by atoms with Crippen molar-refractivity contribution in [1.29, 1.82) is 0 Å². The van der Waals surface area contributed by atoms with Gasteiger partial charge in [-0.3, -0.25) is 4.99 Å². The summed E-state index contributed by atoms with van der Waals surface area (Å²) in [4.78, 5) is 8.57. The molecule has 1 aliphatic rings. The Morgan fingerprint density at radius 3 is 2.91 bits per heavy atom. The van der Waals surface area contributed by atoms with Crippen molar-refractivity contribution in [3.63, 3.8) is 0 Å². The van der Waals surface area contributed by atoms with E-state index in [-0.39, 0.29) is 24.0 Å². The number of hydrogen-bond acceptors (Lipinski definition) is 4. The first-order chi connectivity index (χ1) is 10.8. The molecule has 130 valence electrons. The molecule has 1 fully saturated rings. The Kier molecular flexibility index (Phi) is 10.4. The third-order valence-electron chi connectivity index (χ3n) is 3.46. The molecule has 1 aromatic heterocycles. The summed E-state index contributed by atoms with van der Waals surface area (Å²) in [5, 5.41) is 7.43. The lowest BCUT2D eigenvalue weighted by molar-refractivity contribution is 0.305. The second kappa shape index (κ2) is 11.8. The highest BCUT2D eigenvalue weighted by Gasteiger charge is 2.15. The molecule has 2 N–H and O–H groups in total. The predicted molar refractivity (Wildman–Crippen MR) is 109 cm³/mol. The summed E-state index contributed by atoms with van der Waals surface area (Å²) in [6.07, 6.45) is 5.48. The van der Waals surface area contributed by atoms with E-state index in [2.05, 4.69) is 27.5 Å². The fraction of sp³-hybridized carbons (Fsp3) is 0.625. The first kappa shape index (κ1) is 20.3. The van der Waals surface area contributed by atoms with E-state index in [1.54, 1.807) is 7.05 Å². The van der Waals surface area contributed by atoms with Crippen molar-refractivity contribution < 1.29 is 4.74 Å². The Morgan fingerprint density at radius 2 is 2.30 bits per heavy atom. The van der Waals surface area contributed by atoms with Crippen LogP contribution in [-0.4, -0.2) is 42.1 Å². The minimum atomic E-state index is 0. The Bertz CT molecular complexity index is 464. The van der Waals surface area contributed by atoms with Gasteiger partial charge in [-0.05, 0) is 30.6 Å². The third-order valence-corrected chi connectivity index (χ3v) is 4.85. The summed E-state index contributed by atoms with van der Waals surface area (Å²) in [6.45, 7) is 4.48. The minimum absolute atomic E-state index is 0. The number of hydrogen-bond donors (Lipinski definition) is 2. The van der Waals surface area contributed by atoms with Crippen LogP contribution in [0.5, 0.6) is 5.88 Å². The molecule has 1 unspecified atom stereocenters. The van der Waals surface area contributed by atoms with Crippen LogP contribution in [0.25, 0.3) is 0 Å². The van der Waals surface area contributed by atoms with Crippen LogP contribution < -0.4 is 15.4 Å². The molecule has 1 aromatic rings. The van der Waals surface area contributed by atoms with Gasteiger partial charge in [-0.25, -0.2) is 4.98 Å². The molecule has 1 aliphatic heterocycles. The van der Waals surface area contributed by atoms with E-state index in [1.165, 1.54) is 18.6 Å². The molecule has 0 bridgehead atoms. The number of thioether (sulfide) groups is 1. The van der Waals surface area contributed by atoms with Crippen molar-refractivity contribution in [2.45, 2.75) is 38.0 Å². The van der Waals surface area contributed by atoms with Gasteiger partial charge in [-0.1, -0.05) is 13.0 Å². The average Bonchev–Trinajstić information content (AvgIpc) is 3.07. The molecule has 7 heteroatoms. The Balaban J connectivity index is 0.00000264. The summed E-state index contributed by atoms with van der Waals surface area (Å²) in [5.74, 6) is 2.82. The molecule has 0 aliphatic carbocycles. The van der Waals surface area contributed by atoms with Gasteiger partial charge in [0.1, 0.15) is 0 Å². The topological polar surface area (TPSA) is 58.5 Å². The van der Waals surface area contributed by atoms with Crippen LogP contribution in [0.3, 0.4) is 0 Å². The Hall–Kier alpha value is -0.700. The van der Waals surface area contributed by atoms with Gasteiger partial charge in [-0.2, -0.15) is 11.8 Å². The number of guanidine groups is 1. The molecule has 0 radical (unpaired) electrons. The van der Waals surface area contributed by atoms with Crippen molar-refractivity contribution in [3.05, 3.63) is 23.9 Å². The number of aromatic nitrogens is 1. The maximum absolute atomic E-state index is 5.48. The lowest BCUT2D eigenvalue weighted by Crippen LogP contribution is -2.39. The number of rotatable bonds is 7. The SMILES string of the molecule is CCCOc1ccc(CNC(=NC)NCC2CCCS2)cn1.I. The maximum Gasteiger partial charge on any atom is 0.213 e. The lowest BCUT2D eigenvalue weighted by atomic mass is 10.2. The summed E-state index contributed by atoms with van der Waals surface area (Å²) in [5.41, 5.74) is 1.11. The molecule has 1 atom stereocenters. The van der Waals surface area contributed by atoms with Crippen LogP contribution >= 0.6 is 35.7 Å². The number of nitrogens with zero attached hydrogens (tertiary/aromatic N) is 2. The van der Waals surface area contributed by atoms with E-state index in [9.17, 15) is 0 Å². The summed E-state index contributed by atoms with van der Waals surface area (Å²) in [6, 6.07) is 3.95. The second-order valence-electron chi connectivity index (χ2n) is 5.29. The van der Waals surface area contributed by atoms with Crippen LogP contribution in [0.1, 0.15) is 31.7 Å². The first-order valence-corrected chi connectivity index (χ1v) is 9.00. The zero-order chi connectivity index (χ0) is 15.6. The predicted octanol–water partition coefficient (Wildman–Crippen LogP) is 3.05.